The summed E-state index contributed by atoms with van der Waals surface area (Å²) in [7, 11) is 0. The molecule has 6 nitrogen and oxygen atoms in total. The van der Waals surface area contributed by atoms with E-state index in [0.717, 1.165) is 61.4 Å². The van der Waals surface area contributed by atoms with Crippen molar-refractivity contribution in [1.82, 2.24) is 20.3 Å². The van der Waals surface area contributed by atoms with E-state index in [2.05, 4.69) is 20.5 Å². The van der Waals surface area contributed by atoms with Crippen molar-refractivity contribution in [3.8, 4) is 5.69 Å². The van der Waals surface area contributed by atoms with Gasteiger partial charge in [-0.1, -0.05) is 17.3 Å². The van der Waals surface area contributed by atoms with E-state index in [-0.39, 0.29) is 12.2 Å². The van der Waals surface area contributed by atoms with Gasteiger partial charge in [0, 0.05) is 25.3 Å². The van der Waals surface area contributed by atoms with Crippen molar-refractivity contribution in [2.24, 2.45) is 0 Å². The third-order valence-electron chi connectivity index (χ3n) is 5.09. The van der Waals surface area contributed by atoms with Gasteiger partial charge in [-0.3, -0.25) is 4.79 Å². The van der Waals surface area contributed by atoms with Gasteiger partial charge < -0.3 is 10.2 Å². The van der Waals surface area contributed by atoms with Gasteiger partial charge in [0.1, 0.15) is 5.82 Å². The lowest BCUT2D eigenvalue weighted by molar-refractivity contribution is -0.143. The Balaban J connectivity index is 1.51. The lowest BCUT2D eigenvalue weighted by Crippen LogP contribution is -2.27. The van der Waals surface area contributed by atoms with Gasteiger partial charge in [0.05, 0.1) is 5.69 Å². The van der Waals surface area contributed by atoms with Crippen LogP contribution in [0, 0.1) is 5.82 Å². The standard InChI is InChI=1S/C21H19F4N5O/c22-15-5-9-17(10-6-15)30-19(21(23,24)25)18(27-28-30)20(31)26-13-14-3-7-16(8-4-14)29-11-1-2-12-29/h3-10H,1-2,11-13H2,(H,26,31). The smallest absolute Gasteiger partial charge is 0.372 e. The number of aromatic nitrogens is 3. The minimum atomic E-state index is -4.89. The molecule has 1 aliphatic heterocycles. The van der Waals surface area contributed by atoms with Crippen LogP contribution in [0.3, 0.4) is 0 Å². The van der Waals surface area contributed by atoms with Crippen molar-refractivity contribution in [1.29, 1.82) is 0 Å². The lowest BCUT2D eigenvalue weighted by atomic mass is 10.2. The number of nitrogens with zero attached hydrogens (tertiary/aromatic N) is 4. The van der Waals surface area contributed by atoms with Crippen LogP contribution >= 0.6 is 0 Å². The second kappa shape index (κ2) is 8.37. The molecule has 1 fully saturated rings. The second-order valence-electron chi connectivity index (χ2n) is 7.22. The highest BCUT2D eigenvalue weighted by Crippen LogP contribution is 2.32. The first kappa shape index (κ1) is 20.8. The van der Waals surface area contributed by atoms with Crippen LogP contribution in [0.5, 0.6) is 0 Å². The largest absolute Gasteiger partial charge is 0.435 e. The molecule has 3 aromatic rings. The van der Waals surface area contributed by atoms with E-state index in [1.165, 1.54) is 0 Å². The van der Waals surface area contributed by atoms with Gasteiger partial charge in [-0.15, -0.1) is 5.10 Å². The van der Waals surface area contributed by atoms with Gasteiger partial charge in [-0.2, -0.15) is 13.2 Å². The Kier molecular flexibility index (Phi) is 5.62. The van der Waals surface area contributed by atoms with Crippen LogP contribution in [0.2, 0.25) is 0 Å². The molecule has 0 spiro atoms. The summed E-state index contributed by atoms with van der Waals surface area (Å²) in [5, 5.41) is 9.37. The zero-order valence-corrected chi connectivity index (χ0v) is 16.4. The van der Waals surface area contributed by atoms with E-state index in [1.54, 1.807) is 0 Å². The molecule has 1 saturated heterocycles. The zero-order chi connectivity index (χ0) is 22.0. The summed E-state index contributed by atoms with van der Waals surface area (Å²) in [4.78, 5) is 14.7. The summed E-state index contributed by atoms with van der Waals surface area (Å²) in [5.41, 5.74) is -0.394. The quantitative estimate of drug-likeness (QED) is 0.619. The van der Waals surface area contributed by atoms with Gasteiger partial charge in [0.2, 0.25) is 0 Å². The monoisotopic (exact) mass is 433 g/mol. The number of hydrogen-bond acceptors (Lipinski definition) is 4. The fourth-order valence-electron chi connectivity index (χ4n) is 3.52. The molecule has 31 heavy (non-hydrogen) atoms. The summed E-state index contributed by atoms with van der Waals surface area (Å²) < 4.78 is 54.6. The molecule has 2 heterocycles. The first-order chi connectivity index (χ1) is 14.8. The maximum Gasteiger partial charge on any atom is 0.435 e. The molecule has 1 amide bonds. The number of amides is 1. The number of hydrogen-bond donors (Lipinski definition) is 1. The van der Waals surface area contributed by atoms with Crippen LogP contribution in [0.25, 0.3) is 5.69 Å². The van der Waals surface area contributed by atoms with E-state index < -0.39 is 29.3 Å². The number of halogens is 4. The molecule has 0 atom stereocenters. The van der Waals surface area contributed by atoms with Crippen LogP contribution in [0.4, 0.5) is 23.2 Å². The second-order valence-corrected chi connectivity index (χ2v) is 7.22. The molecule has 0 aliphatic carbocycles. The summed E-state index contributed by atoms with van der Waals surface area (Å²) >= 11 is 0. The number of nitrogens with one attached hydrogen (secondary N) is 1. The van der Waals surface area contributed by atoms with Gasteiger partial charge in [-0.05, 0) is 54.8 Å². The minimum Gasteiger partial charge on any atom is -0.372 e. The molecule has 0 radical (unpaired) electrons. The predicted octanol–water partition coefficient (Wildman–Crippen LogP) is 3.96. The molecule has 0 saturated carbocycles. The number of alkyl halides is 3. The highest BCUT2D eigenvalue weighted by atomic mass is 19.4. The Morgan fingerprint density at radius 1 is 0.968 bits per heavy atom. The number of benzene rings is 2. The van der Waals surface area contributed by atoms with Gasteiger partial charge in [0.25, 0.3) is 5.91 Å². The maximum absolute atomic E-state index is 13.7. The number of carbonyl (C=O) groups excluding carboxylic acids is 1. The number of carbonyl (C=O) groups is 1. The van der Waals surface area contributed by atoms with Crippen LogP contribution in [0.15, 0.2) is 48.5 Å². The predicted molar refractivity (Wildman–Crippen MR) is 105 cm³/mol. The Morgan fingerprint density at radius 3 is 2.19 bits per heavy atom. The average molecular weight is 433 g/mol. The molecule has 1 aliphatic rings. The molecule has 10 heteroatoms. The molecule has 162 valence electrons. The Labute approximate surface area is 175 Å². The van der Waals surface area contributed by atoms with Crippen LogP contribution in [0.1, 0.15) is 34.6 Å². The topological polar surface area (TPSA) is 63.1 Å². The van der Waals surface area contributed by atoms with E-state index in [0.29, 0.717) is 4.68 Å². The van der Waals surface area contributed by atoms with Crippen molar-refractivity contribution >= 4 is 11.6 Å². The van der Waals surface area contributed by atoms with Crippen LogP contribution < -0.4 is 10.2 Å². The van der Waals surface area contributed by atoms with E-state index in [4.69, 9.17) is 0 Å². The van der Waals surface area contributed by atoms with Gasteiger partial charge in [-0.25, -0.2) is 9.07 Å². The fourth-order valence-corrected chi connectivity index (χ4v) is 3.52. The molecule has 0 unspecified atom stereocenters. The highest BCUT2D eigenvalue weighted by Gasteiger charge is 2.42. The SMILES string of the molecule is O=C(NCc1ccc(N2CCCC2)cc1)c1nnn(-c2ccc(F)cc2)c1C(F)(F)F. The summed E-state index contributed by atoms with van der Waals surface area (Å²) in [6, 6.07) is 11.8. The number of anilines is 1. The van der Waals surface area contributed by atoms with Crippen LogP contribution in [-0.4, -0.2) is 34.0 Å². The third-order valence-corrected chi connectivity index (χ3v) is 5.09. The van der Waals surface area contributed by atoms with Crippen molar-refractivity contribution in [3.63, 3.8) is 0 Å². The third kappa shape index (κ3) is 4.52. The molecular formula is C21H19F4N5O. The molecule has 0 bridgehead atoms. The Bertz CT molecular complexity index is 1050. The Morgan fingerprint density at radius 2 is 1.58 bits per heavy atom. The average Bonchev–Trinajstić information content (AvgIpc) is 3.43. The maximum atomic E-state index is 13.7. The van der Waals surface area contributed by atoms with E-state index >= 15 is 0 Å². The highest BCUT2D eigenvalue weighted by molar-refractivity contribution is 5.93. The Hall–Kier alpha value is -3.43. The summed E-state index contributed by atoms with van der Waals surface area (Å²) in [6.07, 6.45) is -2.59. The first-order valence-electron chi connectivity index (χ1n) is 9.74. The summed E-state index contributed by atoms with van der Waals surface area (Å²) in [5.74, 6) is -1.60. The molecule has 1 N–H and O–H groups in total. The molecular weight excluding hydrogens is 414 g/mol. The first-order valence-corrected chi connectivity index (χ1v) is 9.74. The normalized spacial score (nSPS) is 14.1. The molecule has 1 aromatic heterocycles. The fraction of sp³-hybridized carbons (Fsp3) is 0.286. The van der Waals surface area contributed by atoms with Crippen molar-refractivity contribution in [3.05, 3.63) is 71.3 Å². The summed E-state index contributed by atoms with van der Waals surface area (Å²) in [6.45, 7) is 2.04. The van der Waals surface area contributed by atoms with Gasteiger partial charge in [0.15, 0.2) is 11.4 Å². The van der Waals surface area contributed by atoms with Crippen LogP contribution in [-0.2, 0) is 12.7 Å². The molecule has 2 aromatic carbocycles. The van der Waals surface area contributed by atoms with Crippen molar-refractivity contribution in [2.75, 3.05) is 18.0 Å². The zero-order valence-electron chi connectivity index (χ0n) is 16.4. The van der Waals surface area contributed by atoms with Crippen molar-refractivity contribution < 1.29 is 22.4 Å². The van der Waals surface area contributed by atoms with E-state index in [9.17, 15) is 22.4 Å². The molecule has 4 rings (SSSR count). The minimum absolute atomic E-state index is 0.0415. The van der Waals surface area contributed by atoms with Crippen molar-refractivity contribution in [2.45, 2.75) is 25.6 Å². The number of rotatable bonds is 5. The van der Waals surface area contributed by atoms with E-state index in [1.807, 2.05) is 24.3 Å². The van der Waals surface area contributed by atoms with Gasteiger partial charge >= 0.3 is 6.18 Å². The lowest BCUT2D eigenvalue weighted by Gasteiger charge is -2.17.